The Morgan fingerprint density at radius 1 is 1.44 bits per heavy atom. The molecule has 1 heterocycles. The van der Waals surface area contributed by atoms with Crippen LogP contribution in [0.3, 0.4) is 0 Å². The van der Waals surface area contributed by atoms with Gasteiger partial charge in [-0.15, -0.1) is 5.73 Å². The van der Waals surface area contributed by atoms with E-state index in [4.69, 9.17) is 4.74 Å². The quantitative estimate of drug-likeness (QED) is 0.622. The van der Waals surface area contributed by atoms with Crippen LogP contribution in [0.2, 0.25) is 0 Å². The highest BCUT2D eigenvalue weighted by Crippen LogP contribution is 2.24. The molecule has 1 N–H and O–H groups in total. The van der Waals surface area contributed by atoms with Crippen molar-refractivity contribution in [1.82, 2.24) is 4.98 Å². The summed E-state index contributed by atoms with van der Waals surface area (Å²) in [5.41, 5.74) is 6.42. The molecule has 0 saturated heterocycles. The first-order chi connectivity index (χ1) is 7.74. The smallest absolute Gasteiger partial charge is 0.355 e. The second-order valence-electron chi connectivity index (χ2n) is 3.13. The monoisotopic (exact) mass is 219 g/mol. The van der Waals surface area contributed by atoms with Crippen molar-refractivity contribution in [1.29, 1.82) is 0 Å². The molecule has 0 amide bonds. The Kier molecular flexibility index (Phi) is 4.15. The number of carbonyl (C=O) groups excluding carboxylic acids is 1. The third-order valence-electron chi connectivity index (χ3n) is 2.26. The average Bonchev–Trinajstić information content (AvgIpc) is 2.85. The summed E-state index contributed by atoms with van der Waals surface area (Å²) in [5, 5.41) is 0. The Bertz CT molecular complexity index is 449. The van der Waals surface area contributed by atoms with E-state index in [1.54, 1.807) is 6.92 Å². The number of aromatic nitrogens is 1. The predicted molar refractivity (Wildman–Crippen MR) is 65.3 cm³/mol. The van der Waals surface area contributed by atoms with Gasteiger partial charge in [0.1, 0.15) is 5.69 Å². The van der Waals surface area contributed by atoms with Crippen molar-refractivity contribution in [3.63, 3.8) is 0 Å². The third kappa shape index (κ3) is 2.10. The molecule has 16 heavy (non-hydrogen) atoms. The summed E-state index contributed by atoms with van der Waals surface area (Å²) in [4.78, 5) is 14.5. The molecule has 0 fully saturated rings. The molecule has 1 aliphatic rings. The number of hydrogen-bond acceptors (Lipinski definition) is 2. The summed E-state index contributed by atoms with van der Waals surface area (Å²) < 4.78 is 4.93. The van der Waals surface area contributed by atoms with Gasteiger partial charge in [-0.3, -0.25) is 0 Å². The van der Waals surface area contributed by atoms with Crippen LogP contribution in [0, 0.1) is 6.92 Å². The molecule has 0 spiro atoms. The number of carbonyl (C=O) groups is 1. The summed E-state index contributed by atoms with van der Waals surface area (Å²) in [5.74, 6) is -0.291. The predicted octanol–water partition coefficient (Wildman–Crippen LogP) is 3.16. The van der Waals surface area contributed by atoms with Crippen LogP contribution in [0.1, 0.15) is 48.1 Å². The maximum atomic E-state index is 11.5. The first-order valence-corrected chi connectivity index (χ1v) is 5.56. The summed E-state index contributed by atoms with van der Waals surface area (Å²) in [7, 11) is 0. The van der Waals surface area contributed by atoms with Crippen LogP contribution in [-0.4, -0.2) is 17.6 Å². The van der Waals surface area contributed by atoms with Crippen molar-refractivity contribution < 1.29 is 9.53 Å². The van der Waals surface area contributed by atoms with Crippen molar-refractivity contribution in [3.05, 3.63) is 28.2 Å². The number of rotatable bonds is 2. The normalized spacial score (nSPS) is 10.8. The van der Waals surface area contributed by atoms with E-state index in [9.17, 15) is 4.79 Å². The minimum absolute atomic E-state index is 0.291. The lowest BCUT2D eigenvalue weighted by Gasteiger charge is -1.99. The topological polar surface area (TPSA) is 42.1 Å². The molecule has 3 heteroatoms. The van der Waals surface area contributed by atoms with Gasteiger partial charge in [0, 0.05) is 11.6 Å². The molecular formula is C13H17NO2. The molecule has 0 bridgehead atoms. The number of ether oxygens (including phenoxy) is 1. The zero-order valence-corrected chi connectivity index (χ0v) is 10.2. The Labute approximate surface area is 95.8 Å². The number of hydrogen-bond donors (Lipinski definition) is 1. The molecular weight excluding hydrogens is 202 g/mol. The SMILES string of the molecule is CC.CCOC(=O)c1[nH]c2c(c1C)C=C=C2. The molecule has 1 aliphatic carbocycles. The summed E-state index contributed by atoms with van der Waals surface area (Å²) in [6, 6.07) is 0. The summed E-state index contributed by atoms with van der Waals surface area (Å²) in [6.45, 7) is 8.09. The standard InChI is InChI=1S/C11H11NO2.C2H6/c1-3-14-11(13)10-7(2)8-5-4-6-9(8)12-10;1-2/h5-6,12H,3H2,1-2H3;1-2H3. The van der Waals surface area contributed by atoms with E-state index in [-0.39, 0.29) is 5.97 Å². The summed E-state index contributed by atoms with van der Waals surface area (Å²) >= 11 is 0. The van der Waals surface area contributed by atoms with E-state index < -0.39 is 0 Å². The third-order valence-corrected chi connectivity index (χ3v) is 2.26. The van der Waals surface area contributed by atoms with Gasteiger partial charge < -0.3 is 9.72 Å². The second kappa shape index (κ2) is 5.38. The minimum Gasteiger partial charge on any atom is -0.461 e. The Balaban J connectivity index is 0.000000606. The van der Waals surface area contributed by atoms with Crippen molar-refractivity contribution in [2.75, 3.05) is 6.61 Å². The first-order valence-electron chi connectivity index (χ1n) is 5.56. The van der Waals surface area contributed by atoms with E-state index in [0.29, 0.717) is 12.3 Å². The zero-order chi connectivity index (χ0) is 12.1. The van der Waals surface area contributed by atoms with Crippen LogP contribution in [0.4, 0.5) is 0 Å². The lowest BCUT2D eigenvalue weighted by Crippen LogP contribution is -2.06. The number of esters is 1. The zero-order valence-electron chi connectivity index (χ0n) is 10.2. The van der Waals surface area contributed by atoms with Gasteiger partial charge >= 0.3 is 5.97 Å². The largest absolute Gasteiger partial charge is 0.461 e. The van der Waals surface area contributed by atoms with E-state index in [1.165, 1.54) is 0 Å². The van der Waals surface area contributed by atoms with Gasteiger partial charge in [-0.1, -0.05) is 13.8 Å². The van der Waals surface area contributed by atoms with Gasteiger partial charge in [0.25, 0.3) is 0 Å². The van der Waals surface area contributed by atoms with Gasteiger partial charge in [-0.05, 0) is 25.5 Å². The van der Waals surface area contributed by atoms with Gasteiger partial charge in [0.2, 0.25) is 0 Å². The molecule has 1 aromatic heterocycles. The minimum atomic E-state index is -0.291. The van der Waals surface area contributed by atoms with E-state index in [2.05, 4.69) is 10.7 Å². The van der Waals surface area contributed by atoms with Crippen LogP contribution < -0.4 is 0 Å². The number of nitrogens with one attached hydrogen (secondary N) is 1. The van der Waals surface area contributed by atoms with E-state index in [0.717, 1.165) is 16.8 Å². The van der Waals surface area contributed by atoms with E-state index in [1.807, 2.05) is 32.9 Å². The Morgan fingerprint density at radius 3 is 2.69 bits per heavy atom. The van der Waals surface area contributed by atoms with Crippen LogP contribution in [0.25, 0.3) is 12.2 Å². The molecule has 0 unspecified atom stereocenters. The molecule has 86 valence electrons. The van der Waals surface area contributed by atoms with Gasteiger partial charge in [0.15, 0.2) is 0 Å². The van der Waals surface area contributed by atoms with Crippen molar-refractivity contribution >= 4 is 18.1 Å². The lowest BCUT2D eigenvalue weighted by atomic mass is 10.1. The van der Waals surface area contributed by atoms with Crippen LogP contribution in [-0.2, 0) is 4.74 Å². The number of aromatic amines is 1. The van der Waals surface area contributed by atoms with Crippen molar-refractivity contribution in [3.8, 4) is 0 Å². The van der Waals surface area contributed by atoms with Crippen molar-refractivity contribution in [2.24, 2.45) is 0 Å². The number of H-pyrrole nitrogens is 1. The maximum Gasteiger partial charge on any atom is 0.355 e. The van der Waals surface area contributed by atoms with Crippen LogP contribution >= 0.6 is 0 Å². The number of fused-ring (bicyclic) bond motifs is 1. The maximum absolute atomic E-state index is 11.5. The molecule has 0 aromatic carbocycles. The highest BCUT2D eigenvalue weighted by atomic mass is 16.5. The molecule has 2 rings (SSSR count). The molecule has 1 aromatic rings. The fraction of sp³-hybridized carbons (Fsp3) is 0.385. The van der Waals surface area contributed by atoms with Crippen molar-refractivity contribution in [2.45, 2.75) is 27.7 Å². The molecule has 0 saturated carbocycles. The lowest BCUT2D eigenvalue weighted by molar-refractivity contribution is 0.0519. The highest BCUT2D eigenvalue weighted by molar-refractivity contribution is 5.92. The van der Waals surface area contributed by atoms with E-state index >= 15 is 0 Å². The molecule has 0 atom stereocenters. The Hall–Kier alpha value is -1.73. The summed E-state index contributed by atoms with van der Waals surface area (Å²) in [6.07, 6.45) is 3.69. The average molecular weight is 219 g/mol. The Morgan fingerprint density at radius 2 is 2.12 bits per heavy atom. The first kappa shape index (κ1) is 12.3. The second-order valence-corrected chi connectivity index (χ2v) is 3.13. The molecule has 0 radical (unpaired) electrons. The highest BCUT2D eigenvalue weighted by Gasteiger charge is 2.18. The fourth-order valence-electron chi connectivity index (χ4n) is 1.55. The van der Waals surface area contributed by atoms with Crippen LogP contribution in [0.15, 0.2) is 5.73 Å². The fourth-order valence-corrected chi connectivity index (χ4v) is 1.55. The molecule has 0 aliphatic heterocycles. The van der Waals surface area contributed by atoms with Crippen LogP contribution in [0.5, 0.6) is 0 Å². The molecule has 3 nitrogen and oxygen atoms in total. The van der Waals surface area contributed by atoms with Gasteiger partial charge in [-0.25, -0.2) is 4.79 Å². The van der Waals surface area contributed by atoms with Gasteiger partial charge in [0.05, 0.1) is 12.3 Å². The van der Waals surface area contributed by atoms with Gasteiger partial charge in [-0.2, -0.15) is 0 Å².